The number of carbonyl (C=O) groups is 1. The van der Waals surface area contributed by atoms with Crippen LogP contribution in [-0.4, -0.2) is 28.9 Å². The van der Waals surface area contributed by atoms with Crippen molar-refractivity contribution in [1.82, 2.24) is 4.98 Å². The zero-order valence-corrected chi connectivity index (χ0v) is 16.7. The number of rotatable bonds is 5. The minimum Gasteiger partial charge on any atom is -0.366 e. The van der Waals surface area contributed by atoms with Gasteiger partial charge in [-0.1, -0.05) is 29.8 Å². The minimum absolute atomic E-state index is 0.0426. The predicted octanol–water partition coefficient (Wildman–Crippen LogP) is 4.88. The summed E-state index contributed by atoms with van der Waals surface area (Å²) >= 11 is 1.32. The Morgan fingerprint density at radius 1 is 1.17 bits per heavy atom. The van der Waals surface area contributed by atoms with Gasteiger partial charge in [-0.25, -0.2) is 4.98 Å². The standard InChI is InChI=1S/C21H20N4O3S/c1-14-4-6-15(7-5-14)17-13-29-21(22-17)23-20(26)16-8-9-18(19(12-16)25(27)28)24-10-2-3-11-24/h4-9,12-13H,2-3,10-11H2,1H3,(H,22,23,26). The topological polar surface area (TPSA) is 88.4 Å². The van der Waals surface area contributed by atoms with E-state index < -0.39 is 10.8 Å². The van der Waals surface area contributed by atoms with Gasteiger partial charge in [-0.3, -0.25) is 20.2 Å². The molecule has 29 heavy (non-hydrogen) atoms. The van der Waals surface area contributed by atoms with Crippen molar-refractivity contribution in [3.8, 4) is 11.3 Å². The number of nitro benzene ring substituents is 1. The fraction of sp³-hybridized carbons (Fsp3) is 0.238. The van der Waals surface area contributed by atoms with Gasteiger partial charge in [0.1, 0.15) is 5.69 Å². The van der Waals surface area contributed by atoms with Gasteiger partial charge in [0, 0.05) is 35.7 Å². The second-order valence-electron chi connectivity index (χ2n) is 7.01. The van der Waals surface area contributed by atoms with Gasteiger partial charge in [-0.2, -0.15) is 0 Å². The molecule has 2 heterocycles. The van der Waals surface area contributed by atoms with Crippen molar-refractivity contribution in [2.75, 3.05) is 23.3 Å². The second-order valence-corrected chi connectivity index (χ2v) is 7.87. The summed E-state index contributed by atoms with van der Waals surface area (Å²) in [5, 5.41) is 16.6. The second kappa shape index (κ2) is 8.00. The van der Waals surface area contributed by atoms with Crippen LogP contribution in [0.5, 0.6) is 0 Å². The van der Waals surface area contributed by atoms with Gasteiger partial charge in [0.15, 0.2) is 5.13 Å². The molecule has 1 N–H and O–H groups in total. The number of hydrogen-bond donors (Lipinski definition) is 1. The van der Waals surface area contributed by atoms with E-state index in [2.05, 4.69) is 10.3 Å². The molecule has 2 aromatic carbocycles. The summed E-state index contributed by atoms with van der Waals surface area (Å²) in [5.74, 6) is -0.411. The van der Waals surface area contributed by atoms with Crippen molar-refractivity contribution < 1.29 is 9.72 Å². The maximum Gasteiger partial charge on any atom is 0.293 e. The van der Waals surface area contributed by atoms with Crippen molar-refractivity contribution in [3.05, 3.63) is 69.1 Å². The van der Waals surface area contributed by atoms with Gasteiger partial charge in [-0.05, 0) is 31.9 Å². The molecule has 3 aromatic rings. The molecule has 1 saturated heterocycles. The van der Waals surface area contributed by atoms with Gasteiger partial charge >= 0.3 is 0 Å². The quantitative estimate of drug-likeness (QED) is 0.480. The van der Waals surface area contributed by atoms with Gasteiger partial charge < -0.3 is 4.90 Å². The summed E-state index contributed by atoms with van der Waals surface area (Å²) < 4.78 is 0. The SMILES string of the molecule is Cc1ccc(-c2csc(NC(=O)c3ccc(N4CCCC4)c([N+](=O)[O-])c3)n2)cc1. The van der Waals surface area contributed by atoms with Gasteiger partial charge in [0.2, 0.25) is 0 Å². The van der Waals surface area contributed by atoms with Gasteiger partial charge in [-0.15, -0.1) is 11.3 Å². The highest BCUT2D eigenvalue weighted by Gasteiger charge is 2.24. The van der Waals surface area contributed by atoms with Crippen LogP contribution >= 0.6 is 11.3 Å². The third-order valence-corrected chi connectivity index (χ3v) is 5.71. The number of nitrogens with one attached hydrogen (secondary N) is 1. The van der Waals surface area contributed by atoms with Crippen LogP contribution in [0.2, 0.25) is 0 Å². The smallest absolute Gasteiger partial charge is 0.293 e. The maximum atomic E-state index is 12.6. The molecule has 0 bridgehead atoms. The lowest BCUT2D eigenvalue weighted by Gasteiger charge is -2.17. The average molecular weight is 408 g/mol. The molecule has 0 atom stereocenters. The van der Waals surface area contributed by atoms with Crippen LogP contribution in [0.3, 0.4) is 0 Å². The lowest BCUT2D eigenvalue weighted by Crippen LogP contribution is -2.19. The van der Waals surface area contributed by atoms with E-state index in [4.69, 9.17) is 0 Å². The fourth-order valence-electron chi connectivity index (χ4n) is 3.39. The first-order valence-corrected chi connectivity index (χ1v) is 10.3. The Hall–Kier alpha value is -3.26. The average Bonchev–Trinajstić information content (AvgIpc) is 3.40. The first kappa shape index (κ1) is 19.1. The summed E-state index contributed by atoms with van der Waals surface area (Å²) in [6, 6.07) is 12.6. The third-order valence-electron chi connectivity index (χ3n) is 4.95. The lowest BCUT2D eigenvalue weighted by molar-refractivity contribution is -0.384. The summed E-state index contributed by atoms with van der Waals surface area (Å²) in [7, 11) is 0. The molecule has 0 spiro atoms. The normalized spacial score (nSPS) is 13.5. The Kier molecular flexibility index (Phi) is 5.26. The highest BCUT2D eigenvalue weighted by atomic mass is 32.1. The Bertz CT molecular complexity index is 1060. The van der Waals surface area contributed by atoms with E-state index in [1.54, 1.807) is 12.1 Å². The van der Waals surface area contributed by atoms with Crippen LogP contribution < -0.4 is 10.2 Å². The van der Waals surface area contributed by atoms with E-state index in [1.807, 2.05) is 41.5 Å². The summed E-state index contributed by atoms with van der Waals surface area (Å²) in [6.07, 6.45) is 2.04. The monoisotopic (exact) mass is 408 g/mol. The molecule has 1 aromatic heterocycles. The fourth-order valence-corrected chi connectivity index (χ4v) is 4.11. The number of amides is 1. The van der Waals surface area contributed by atoms with E-state index in [0.29, 0.717) is 10.8 Å². The first-order valence-electron chi connectivity index (χ1n) is 9.38. The maximum absolute atomic E-state index is 12.6. The van der Waals surface area contributed by atoms with E-state index in [-0.39, 0.29) is 11.3 Å². The van der Waals surface area contributed by atoms with Gasteiger partial charge in [0.25, 0.3) is 11.6 Å². The number of nitro groups is 1. The first-order chi connectivity index (χ1) is 14.0. The zero-order valence-electron chi connectivity index (χ0n) is 15.9. The summed E-state index contributed by atoms with van der Waals surface area (Å²) in [4.78, 5) is 30.2. The molecule has 0 saturated carbocycles. The molecule has 0 radical (unpaired) electrons. The number of benzene rings is 2. The van der Waals surface area contributed by atoms with Crippen molar-refractivity contribution in [2.45, 2.75) is 19.8 Å². The number of carbonyl (C=O) groups excluding carboxylic acids is 1. The largest absolute Gasteiger partial charge is 0.366 e. The summed E-state index contributed by atoms with van der Waals surface area (Å²) in [5.41, 5.74) is 3.68. The Balaban J connectivity index is 1.53. The molecule has 8 heteroatoms. The molecule has 1 fully saturated rings. The highest BCUT2D eigenvalue weighted by molar-refractivity contribution is 7.14. The van der Waals surface area contributed by atoms with E-state index >= 15 is 0 Å². The zero-order chi connectivity index (χ0) is 20.4. The van der Waals surface area contributed by atoms with Crippen LogP contribution in [0.4, 0.5) is 16.5 Å². The minimum atomic E-state index is -0.427. The predicted molar refractivity (Wildman–Crippen MR) is 115 cm³/mol. The molecule has 1 aliphatic heterocycles. The molecular weight excluding hydrogens is 388 g/mol. The number of thiazole rings is 1. The van der Waals surface area contributed by atoms with Crippen LogP contribution in [0.1, 0.15) is 28.8 Å². The molecule has 7 nitrogen and oxygen atoms in total. The molecule has 0 aliphatic carbocycles. The molecular formula is C21H20N4O3S. The van der Waals surface area contributed by atoms with Crippen LogP contribution in [-0.2, 0) is 0 Å². The Morgan fingerprint density at radius 2 is 1.90 bits per heavy atom. The number of aromatic nitrogens is 1. The van der Waals surface area contributed by atoms with Crippen molar-refractivity contribution >= 4 is 33.8 Å². The molecule has 0 unspecified atom stereocenters. The Morgan fingerprint density at radius 3 is 2.59 bits per heavy atom. The highest BCUT2D eigenvalue weighted by Crippen LogP contribution is 2.32. The summed E-state index contributed by atoms with van der Waals surface area (Å²) in [6.45, 7) is 3.62. The van der Waals surface area contributed by atoms with E-state index in [0.717, 1.165) is 42.8 Å². The van der Waals surface area contributed by atoms with E-state index in [1.165, 1.54) is 17.4 Å². The molecule has 1 amide bonds. The molecule has 4 rings (SSSR count). The van der Waals surface area contributed by atoms with Crippen LogP contribution in [0.25, 0.3) is 11.3 Å². The van der Waals surface area contributed by atoms with Crippen LogP contribution in [0.15, 0.2) is 47.8 Å². The Labute approximate surface area is 172 Å². The third kappa shape index (κ3) is 4.12. The number of aryl methyl sites for hydroxylation is 1. The van der Waals surface area contributed by atoms with Crippen molar-refractivity contribution in [3.63, 3.8) is 0 Å². The van der Waals surface area contributed by atoms with Crippen LogP contribution in [0, 0.1) is 17.0 Å². The lowest BCUT2D eigenvalue weighted by atomic mass is 10.1. The number of hydrogen-bond acceptors (Lipinski definition) is 6. The van der Waals surface area contributed by atoms with E-state index in [9.17, 15) is 14.9 Å². The van der Waals surface area contributed by atoms with Crippen molar-refractivity contribution in [2.24, 2.45) is 0 Å². The molecule has 148 valence electrons. The number of anilines is 2. The molecule has 1 aliphatic rings. The van der Waals surface area contributed by atoms with Crippen molar-refractivity contribution in [1.29, 1.82) is 0 Å². The van der Waals surface area contributed by atoms with Gasteiger partial charge in [0.05, 0.1) is 10.6 Å². The number of nitrogens with zero attached hydrogens (tertiary/aromatic N) is 3.